The van der Waals surface area contributed by atoms with Crippen molar-refractivity contribution < 1.29 is 18.0 Å². The van der Waals surface area contributed by atoms with Gasteiger partial charge in [-0.15, -0.1) is 0 Å². The van der Waals surface area contributed by atoms with Crippen LogP contribution in [0.1, 0.15) is 23.0 Å². The van der Waals surface area contributed by atoms with E-state index in [1.165, 1.54) is 0 Å². The van der Waals surface area contributed by atoms with Gasteiger partial charge in [-0.3, -0.25) is 4.79 Å². The van der Waals surface area contributed by atoms with Gasteiger partial charge in [0, 0.05) is 6.54 Å². The molecule has 0 aliphatic rings. The third kappa shape index (κ3) is 4.37. The van der Waals surface area contributed by atoms with Crippen LogP contribution < -0.4 is 16.4 Å². The van der Waals surface area contributed by atoms with Gasteiger partial charge < -0.3 is 16.4 Å². The van der Waals surface area contributed by atoms with E-state index >= 15 is 0 Å². The molecule has 1 amide bonds. The molecule has 1 rings (SSSR count). The van der Waals surface area contributed by atoms with Crippen LogP contribution in [-0.4, -0.2) is 31.0 Å². The second kappa shape index (κ2) is 6.56. The van der Waals surface area contributed by atoms with E-state index in [0.29, 0.717) is 13.1 Å². The maximum absolute atomic E-state index is 12.6. The summed E-state index contributed by atoms with van der Waals surface area (Å²) in [6, 6.07) is 1.77. The summed E-state index contributed by atoms with van der Waals surface area (Å²) in [5.74, 6) is -0.817. The maximum atomic E-state index is 12.6. The number of aromatic nitrogens is 1. The number of hydrogen-bond acceptors (Lipinski definition) is 4. The molecule has 0 aliphatic carbocycles. The van der Waals surface area contributed by atoms with Gasteiger partial charge in [0.05, 0.1) is 5.56 Å². The highest BCUT2D eigenvalue weighted by atomic mass is 19.4. The molecular formula is C12H17F3N4O. The second-order valence-corrected chi connectivity index (χ2v) is 4.50. The summed E-state index contributed by atoms with van der Waals surface area (Å²) in [6.45, 7) is 2.95. The Morgan fingerprint density at radius 2 is 2.05 bits per heavy atom. The average Bonchev–Trinajstić information content (AvgIpc) is 2.35. The Hall–Kier alpha value is -1.83. The van der Waals surface area contributed by atoms with Crippen molar-refractivity contribution >= 4 is 11.7 Å². The van der Waals surface area contributed by atoms with Crippen LogP contribution in [0.15, 0.2) is 12.1 Å². The van der Waals surface area contributed by atoms with Crippen LogP contribution in [0.5, 0.6) is 0 Å². The number of alkyl halides is 3. The van der Waals surface area contributed by atoms with Gasteiger partial charge in [-0.25, -0.2) is 4.98 Å². The molecule has 0 saturated carbocycles. The number of hydrogen-bond donors (Lipinski definition) is 3. The first-order chi connectivity index (χ1) is 9.25. The molecule has 0 saturated heterocycles. The Labute approximate surface area is 114 Å². The zero-order chi connectivity index (χ0) is 15.3. The molecule has 1 atom stereocenters. The predicted octanol–water partition coefficient (Wildman–Crippen LogP) is 1.47. The third-order valence-electron chi connectivity index (χ3n) is 2.62. The lowest BCUT2D eigenvalue weighted by Gasteiger charge is -2.15. The van der Waals surface area contributed by atoms with Crippen LogP contribution in [0.3, 0.4) is 0 Å². The van der Waals surface area contributed by atoms with Crippen molar-refractivity contribution in [1.82, 2.24) is 10.3 Å². The van der Waals surface area contributed by atoms with E-state index in [4.69, 9.17) is 5.73 Å². The topological polar surface area (TPSA) is 80.0 Å². The van der Waals surface area contributed by atoms with Gasteiger partial charge in [0.25, 0.3) is 5.91 Å². The number of nitrogens with zero attached hydrogens (tertiary/aromatic N) is 1. The van der Waals surface area contributed by atoms with Crippen LogP contribution in [0.4, 0.5) is 19.0 Å². The van der Waals surface area contributed by atoms with Crippen molar-refractivity contribution in [2.45, 2.75) is 13.1 Å². The van der Waals surface area contributed by atoms with E-state index < -0.39 is 17.8 Å². The number of nitrogens with one attached hydrogen (secondary N) is 2. The lowest BCUT2D eigenvalue weighted by Crippen LogP contribution is -2.25. The predicted molar refractivity (Wildman–Crippen MR) is 69.3 cm³/mol. The van der Waals surface area contributed by atoms with Crippen LogP contribution in [0, 0.1) is 5.92 Å². The molecule has 0 spiro atoms. The first-order valence-electron chi connectivity index (χ1n) is 6.02. The summed E-state index contributed by atoms with van der Waals surface area (Å²) in [5, 5.41) is 5.68. The number of carbonyl (C=O) groups excluding carboxylic acids is 1. The molecule has 0 bridgehead atoms. The zero-order valence-electron chi connectivity index (χ0n) is 11.2. The first kappa shape index (κ1) is 16.2. The van der Waals surface area contributed by atoms with Crippen molar-refractivity contribution in [3.8, 4) is 0 Å². The van der Waals surface area contributed by atoms with Gasteiger partial charge in [-0.05, 0) is 31.6 Å². The van der Waals surface area contributed by atoms with Crippen LogP contribution in [0.2, 0.25) is 0 Å². The minimum Gasteiger partial charge on any atom is -0.369 e. The number of pyridine rings is 1. The molecule has 0 aromatic carbocycles. The minimum absolute atomic E-state index is 0.0605. The first-order valence-corrected chi connectivity index (χ1v) is 6.02. The summed E-state index contributed by atoms with van der Waals surface area (Å²) in [6.07, 6.45) is -4.57. The molecule has 0 radical (unpaired) electrons. The summed E-state index contributed by atoms with van der Waals surface area (Å²) >= 11 is 0. The Balaban J connectivity index is 2.98. The normalized spacial score (nSPS) is 13.1. The Bertz CT molecular complexity index is 476. The molecule has 8 heteroatoms. The van der Waals surface area contributed by atoms with Crippen molar-refractivity contribution in [3.63, 3.8) is 0 Å². The Kier molecular flexibility index (Phi) is 5.32. The van der Waals surface area contributed by atoms with Gasteiger partial charge in [0.2, 0.25) is 0 Å². The summed E-state index contributed by atoms with van der Waals surface area (Å²) < 4.78 is 37.8. The molecule has 20 heavy (non-hydrogen) atoms. The summed E-state index contributed by atoms with van der Waals surface area (Å²) in [4.78, 5) is 14.6. The highest BCUT2D eigenvalue weighted by molar-refractivity contribution is 5.97. The van der Waals surface area contributed by atoms with Gasteiger partial charge >= 0.3 is 6.18 Å². The second-order valence-electron chi connectivity index (χ2n) is 4.50. The highest BCUT2D eigenvalue weighted by Crippen LogP contribution is 2.29. The van der Waals surface area contributed by atoms with Gasteiger partial charge in [0.1, 0.15) is 11.5 Å². The zero-order valence-corrected chi connectivity index (χ0v) is 11.2. The SMILES string of the molecule is CNCC(C)CNc1nc(C(F)(F)F)ccc1C(N)=O. The number of nitrogens with two attached hydrogens (primary N) is 1. The van der Waals surface area contributed by atoms with E-state index in [0.717, 1.165) is 12.1 Å². The van der Waals surface area contributed by atoms with E-state index in [1.54, 1.807) is 7.05 Å². The number of anilines is 1. The molecule has 4 N–H and O–H groups in total. The summed E-state index contributed by atoms with van der Waals surface area (Å²) in [5.41, 5.74) is 4.00. The fourth-order valence-corrected chi connectivity index (χ4v) is 1.64. The fraction of sp³-hybridized carbons (Fsp3) is 0.500. The lowest BCUT2D eigenvalue weighted by atomic mass is 10.1. The van der Waals surface area contributed by atoms with E-state index in [-0.39, 0.29) is 17.3 Å². The molecule has 0 aliphatic heterocycles. The molecule has 1 unspecified atom stereocenters. The van der Waals surface area contributed by atoms with Crippen molar-refractivity contribution in [2.75, 3.05) is 25.5 Å². The standard InChI is InChI=1S/C12H17F3N4O/c1-7(5-17-2)6-18-11-8(10(16)20)3-4-9(19-11)12(13,14)15/h3-4,7,17H,5-6H2,1-2H3,(H2,16,20)(H,18,19). The molecule has 1 aromatic rings. The van der Waals surface area contributed by atoms with Crippen LogP contribution in [-0.2, 0) is 6.18 Å². The largest absolute Gasteiger partial charge is 0.433 e. The number of primary amides is 1. The fourth-order valence-electron chi connectivity index (χ4n) is 1.64. The molecule has 1 heterocycles. The Morgan fingerprint density at radius 3 is 2.55 bits per heavy atom. The molecule has 0 fully saturated rings. The third-order valence-corrected chi connectivity index (χ3v) is 2.62. The van der Waals surface area contributed by atoms with Crippen molar-refractivity contribution in [1.29, 1.82) is 0 Å². The Morgan fingerprint density at radius 1 is 1.40 bits per heavy atom. The van der Waals surface area contributed by atoms with Crippen LogP contribution >= 0.6 is 0 Å². The van der Waals surface area contributed by atoms with Gasteiger partial charge in [0.15, 0.2) is 0 Å². The highest BCUT2D eigenvalue weighted by Gasteiger charge is 2.33. The minimum atomic E-state index is -4.57. The number of rotatable bonds is 6. The smallest absolute Gasteiger partial charge is 0.369 e. The molecule has 5 nitrogen and oxygen atoms in total. The summed E-state index contributed by atoms with van der Waals surface area (Å²) in [7, 11) is 1.77. The maximum Gasteiger partial charge on any atom is 0.433 e. The van der Waals surface area contributed by atoms with Crippen molar-refractivity contribution in [3.05, 3.63) is 23.4 Å². The molecule has 1 aromatic heterocycles. The van der Waals surface area contributed by atoms with E-state index in [9.17, 15) is 18.0 Å². The monoisotopic (exact) mass is 290 g/mol. The van der Waals surface area contributed by atoms with Crippen LogP contribution in [0.25, 0.3) is 0 Å². The molecular weight excluding hydrogens is 273 g/mol. The van der Waals surface area contributed by atoms with Crippen molar-refractivity contribution in [2.24, 2.45) is 11.7 Å². The van der Waals surface area contributed by atoms with E-state index in [1.807, 2.05) is 6.92 Å². The quantitative estimate of drug-likeness (QED) is 0.741. The number of halogens is 3. The average molecular weight is 290 g/mol. The van der Waals surface area contributed by atoms with Gasteiger partial charge in [-0.2, -0.15) is 13.2 Å². The van der Waals surface area contributed by atoms with E-state index in [2.05, 4.69) is 15.6 Å². The number of amides is 1. The number of carbonyl (C=O) groups is 1. The lowest BCUT2D eigenvalue weighted by molar-refractivity contribution is -0.141. The van der Waals surface area contributed by atoms with Gasteiger partial charge in [-0.1, -0.05) is 6.92 Å². The molecule has 112 valence electrons.